The minimum Gasteiger partial charge on any atom is -0.481 e. The number of thiophene rings is 1. The van der Waals surface area contributed by atoms with Crippen molar-refractivity contribution in [2.24, 2.45) is 0 Å². The monoisotopic (exact) mass is 416 g/mol. The van der Waals surface area contributed by atoms with Gasteiger partial charge in [0, 0.05) is 34.6 Å². The van der Waals surface area contributed by atoms with Crippen molar-refractivity contribution in [2.75, 3.05) is 5.32 Å². The normalized spacial score (nSPS) is 18.5. The van der Waals surface area contributed by atoms with Gasteiger partial charge in [0.25, 0.3) is 0 Å². The first-order valence-corrected chi connectivity index (χ1v) is 11.1. The third-order valence-corrected chi connectivity index (χ3v) is 6.57. The summed E-state index contributed by atoms with van der Waals surface area (Å²) in [5.41, 5.74) is 2.23. The summed E-state index contributed by atoms with van der Waals surface area (Å²) in [6.45, 7) is 11.0. The van der Waals surface area contributed by atoms with Crippen LogP contribution in [0.5, 0.6) is 0 Å². The van der Waals surface area contributed by atoms with Gasteiger partial charge >= 0.3 is 5.97 Å². The van der Waals surface area contributed by atoms with E-state index in [-0.39, 0.29) is 17.5 Å². The van der Waals surface area contributed by atoms with E-state index in [1.807, 2.05) is 6.07 Å². The van der Waals surface area contributed by atoms with Crippen molar-refractivity contribution in [1.82, 2.24) is 15.3 Å². The summed E-state index contributed by atoms with van der Waals surface area (Å²) >= 11 is 1.70. The molecule has 3 rings (SSSR count). The van der Waals surface area contributed by atoms with E-state index in [1.54, 1.807) is 17.5 Å². The van der Waals surface area contributed by atoms with Crippen LogP contribution in [0.4, 0.5) is 5.95 Å². The van der Waals surface area contributed by atoms with E-state index in [9.17, 15) is 4.79 Å². The molecule has 158 valence electrons. The van der Waals surface area contributed by atoms with E-state index in [2.05, 4.69) is 56.3 Å². The molecule has 0 radical (unpaired) electrons. The van der Waals surface area contributed by atoms with Crippen molar-refractivity contribution in [3.05, 3.63) is 28.8 Å². The average molecular weight is 417 g/mol. The Kier molecular flexibility index (Phi) is 6.29. The number of carboxylic acids is 1. The highest BCUT2D eigenvalue weighted by molar-refractivity contribution is 7.15. The summed E-state index contributed by atoms with van der Waals surface area (Å²) in [4.78, 5) is 22.3. The quantitative estimate of drug-likeness (QED) is 0.609. The average Bonchev–Trinajstić information content (AvgIpc) is 2.93. The van der Waals surface area contributed by atoms with Crippen LogP contribution in [0.1, 0.15) is 63.8 Å². The number of hydrogen-bond donors (Lipinski definition) is 3. The first-order valence-electron chi connectivity index (χ1n) is 10.2. The van der Waals surface area contributed by atoms with Crippen LogP contribution in [0.15, 0.2) is 18.3 Å². The predicted octanol–water partition coefficient (Wildman–Crippen LogP) is 4.64. The summed E-state index contributed by atoms with van der Waals surface area (Å²) in [5.74, 6) is -0.0744. The Labute approximate surface area is 177 Å². The van der Waals surface area contributed by atoms with Crippen LogP contribution >= 0.6 is 11.3 Å². The molecule has 6 nitrogen and oxygen atoms in total. The molecule has 0 aliphatic carbocycles. The lowest BCUT2D eigenvalue weighted by molar-refractivity contribution is -0.137. The Morgan fingerprint density at radius 1 is 1.31 bits per heavy atom. The molecule has 3 N–H and O–H groups in total. The van der Waals surface area contributed by atoms with Crippen LogP contribution in [-0.4, -0.2) is 38.2 Å². The van der Waals surface area contributed by atoms with E-state index >= 15 is 0 Å². The van der Waals surface area contributed by atoms with Crippen molar-refractivity contribution >= 4 is 23.3 Å². The molecule has 1 fully saturated rings. The molecule has 0 unspecified atom stereocenters. The van der Waals surface area contributed by atoms with Crippen LogP contribution in [-0.2, 0) is 11.2 Å². The molecule has 2 aromatic heterocycles. The molecule has 3 heterocycles. The van der Waals surface area contributed by atoms with Crippen LogP contribution in [0, 0.1) is 6.92 Å². The minimum atomic E-state index is -0.741. The lowest BCUT2D eigenvalue weighted by Crippen LogP contribution is -2.60. The summed E-state index contributed by atoms with van der Waals surface area (Å²) < 4.78 is 0. The molecule has 1 aliphatic rings. The number of carboxylic acid groups (broad SMARTS) is 1. The number of anilines is 1. The molecule has 0 spiro atoms. The lowest BCUT2D eigenvalue weighted by atomic mass is 9.80. The van der Waals surface area contributed by atoms with E-state index in [4.69, 9.17) is 10.1 Å². The van der Waals surface area contributed by atoms with Crippen LogP contribution in [0.25, 0.3) is 10.6 Å². The fourth-order valence-electron chi connectivity index (χ4n) is 4.47. The molecule has 1 saturated heterocycles. The molecule has 0 aromatic carbocycles. The van der Waals surface area contributed by atoms with Gasteiger partial charge in [-0.05, 0) is 78.0 Å². The van der Waals surface area contributed by atoms with Gasteiger partial charge in [-0.15, -0.1) is 11.3 Å². The van der Waals surface area contributed by atoms with Crippen molar-refractivity contribution in [3.63, 3.8) is 0 Å². The number of nitrogens with zero attached hydrogens (tertiary/aromatic N) is 2. The van der Waals surface area contributed by atoms with Gasteiger partial charge in [0.05, 0.1) is 10.6 Å². The molecule has 0 bridgehead atoms. The number of aromatic nitrogens is 2. The fourth-order valence-corrected chi connectivity index (χ4v) is 5.65. The number of aryl methyl sites for hydroxylation is 2. The third-order valence-electron chi connectivity index (χ3n) is 5.25. The van der Waals surface area contributed by atoms with Gasteiger partial charge in [-0.2, -0.15) is 0 Å². The van der Waals surface area contributed by atoms with Gasteiger partial charge in [0.2, 0.25) is 5.95 Å². The second-order valence-corrected chi connectivity index (χ2v) is 10.5. The van der Waals surface area contributed by atoms with Crippen LogP contribution in [0.3, 0.4) is 0 Å². The molecule has 7 heteroatoms. The number of piperidine rings is 1. The van der Waals surface area contributed by atoms with Gasteiger partial charge in [0.15, 0.2) is 0 Å². The van der Waals surface area contributed by atoms with Gasteiger partial charge in [0.1, 0.15) is 0 Å². The molecule has 0 atom stereocenters. The summed E-state index contributed by atoms with van der Waals surface area (Å²) in [6, 6.07) is 4.39. The number of nitrogens with one attached hydrogen (secondary N) is 2. The van der Waals surface area contributed by atoms with Gasteiger partial charge in [-0.3, -0.25) is 4.79 Å². The predicted molar refractivity (Wildman–Crippen MR) is 119 cm³/mol. The maximum absolute atomic E-state index is 10.8. The van der Waals surface area contributed by atoms with Crippen LogP contribution < -0.4 is 10.6 Å². The summed E-state index contributed by atoms with van der Waals surface area (Å²) in [5, 5.41) is 16.1. The molecule has 29 heavy (non-hydrogen) atoms. The zero-order chi connectivity index (χ0) is 21.2. The van der Waals surface area contributed by atoms with Crippen LogP contribution in [0.2, 0.25) is 0 Å². The molecule has 2 aromatic rings. The van der Waals surface area contributed by atoms with Gasteiger partial charge in [-0.25, -0.2) is 9.97 Å². The third kappa shape index (κ3) is 6.00. The topological polar surface area (TPSA) is 87.1 Å². The molecule has 0 amide bonds. The summed E-state index contributed by atoms with van der Waals surface area (Å²) in [6.07, 6.45) is 5.48. The Balaban J connectivity index is 1.72. The second-order valence-electron chi connectivity index (χ2n) is 9.37. The van der Waals surface area contributed by atoms with Crippen molar-refractivity contribution < 1.29 is 9.90 Å². The molecule has 1 aliphatic heterocycles. The maximum atomic E-state index is 10.8. The Morgan fingerprint density at radius 3 is 2.66 bits per heavy atom. The van der Waals surface area contributed by atoms with E-state index in [1.165, 1.54) is 10.4 Å². The van der Waals surface area contributed by atoms with E-state index in [0.717, 1.165) is 29.8 Å². The number of aliphatic carboxylic acids is 1. The van der Waals surface area contributed by atoms with Gasteiger partial charge < -0.3 is 15.7 Å². The van der Waals surface area contributed by atoms with Crippen molar-refractivity contribution in [3.8, 4) is 10.6 Å². The minimum absolute atomic E-state index is 0.0622. The van der Waals surface area contributed by atoms with Crippen molar-refractivity contribution in [1.29, 1.82) is 0 Å². The molecular weight excluding hydrogens is 384 g/mol. The number of hydrogen-bond acceptors (Lipinski definition) is 6. The smallest absolute Gasteiger partial charge is 0.303 e. The zero-order valence-electron chi connectivity index (χ0n) is 18.0. The maximum Gasteiger partial charge on any atom is 0.303 e. The second kappa shape index (κ2) is 8.40. The Morgan fingerprint density at radius 2 is 2.00 bits per heavy atom. The fraction of sp³-hybridized carbons (Fsp3) is 0.591. The molecule has 0 saturated carbocycles. The van der Waals surface area contributed by atoms with E-state index in [0.29, 0.717) is 18.4 Å². The van der Waals surface area contributed by atoms with Crippen molar-refractivity contribution in [2.45, 2.75) is 83.8 Å². The lowest BCUT2D eigenvalue weighted by Gasteiger charge is -2.46. The number of rotatable bonds is 7. The zero-order valence-corrected chi connectivity index (χ0v) is 18.8. The summed E-state index contributed by atoms with van der Waals surface area (Å²) in [7, 11) is 0. The highest BCUT2D eigenvalue weighted by Gasteiger charge is 2.37. The first kappa shape index (κ1) is 21.7. The highest BCUT2D eigenvalue weighted by Crippen LogP contribution is 2.33. The standard InChI is InChI=1S/C22H32N4O2S/c1-14-11-18(29-17(14)7-6-8-19(27)28)16-9-10-23-20(25-16)24-15-12-21(2,3)26-22(4,5)13-15/h9-11,15,26H,6-8,12-13H2,1-5H3,(H,27,28)(H,23,24,25). The van der Waals surface area contributed by atoms with Gasteiger partial charge in [-0.1, -0.05) is 0 Å². The number of carbonyl (C=O) groups is 1. The Bertz CT molecular complexity index is 859. The molecular formula is C22H32N4O2S. The highest BCUT2D eigenvalue weighted by atomic mass is 32.1. The van der Waals surface area contributed by atoms with E-state index < -0.39 is 5.97 Å². The Hall–Kier alpha value is -1.99. The SMILES string of the molecule is Cc1cc(-c2ccnc(NC3CC(C)(C)NC(C)(C)C3)n2)sc1CCCC(=O)O. The first-order chi connectivity index (χ1) is 13.5. The largest absolute Gasteiger partial charge is 0.481 e.